The third-order valence-electron chi connectivity index (χ3n) is 3.19. The van der Waals surface area contributed by atoms with Gasteiger partial charge in [0, 0.05) is 11.7 Å². The van der Waals surface area contributed by atoms with E-state index in [4.69, 9.17) is 10.5 Å². The number of aromatic nitrogens is 1. The Morgan fingerprint density at radius 1 is 1.11 bits per heavy atom. The highest BCUT2D eigenvalue weighted by molar-refractivity contribution is 5.85. The van der Waals surface area contributed by atoms with E-state index in [-0.39, 0.29) is 24.8 Å². The summed E-state index contributed by atoms with van der Waals surface area (Å²) in [6, 6.07) is 4.39. The molecule has 1 saturated carbocycles. The first-order valence-electron chi connectivity index (χ1n) is 6.01. The molecule has 18 heavy (non-hydrogen) atoms. The van der Waals surface area contributed by atoms with Crippen LogP contribution in [-0.2, 0) is 0 Å². The lowest BCUT2D eigenvalue weighted by Gasteiger charge is -2.27. The molecule has 1 aliphatic rings. The molecule has 0 spiro atoms. The van der Waals surface area contributed by atoms with E-state index in [0.29, 0.717) is 12.1 Å². The van der Waals surface area contributed by atoms with Crippen LogP contribution in [0, 0.1) is 13.8 Å². The summed E-state index contributed by atoms with van der Waals surface area (Å²) in [5.41, 5.74) is 7.89. The van der Waals surface area contributed by atoms with Gasteiger partial charge in [0.05, 0.1) is 11.8 Å². The lowest BCUT2D eigenvalue weighted by molar-refractivity contribution is 0.145. The van der Waals surface area contributed by atoms with Gasteiger partial charge in [0.2, 0.25) is 0 Å². The minimum absolute atomic E-state index is 0. The second-order valence-electron chi connectivity index (χ2n) is 4.69. The molecule has 0 aliphatic heterocycles. The van der Waals surface area contributed by atoms with Gasteiger partial charge in [-0.2, -0.15) is 0 Å². The fraction of sp³-hybridized carbons (Fsp3) is 0.615. The molecular formula is C13H22Cl2N2O. The Morgan fingerprint density at radius 2 is 1.72 bits per heavy atom. The van der Waals surface area contributed by atoms with Crippen molar-refractivity contribution in [1.29, 1.82) is 0 Å². The molecule has 3 nitrogen and oxygen atoms in total. The lowest BCUT2D eigenvalue weighted by Crippen LogP contribution is -2.31. The van der Waals surface area contributed by atoms with Gasteiger partial charge in [-0.15, -0.1) is 24.8 Å². The van der Waals surface area contributed by atoms with Gasteiger partial charge in [-0.25, -0.2) is 0 Å². The van der Waals surface area contributed by atoms with Gasteiger partial charge in [0.15, 0.2) is 0 Å². The summed E-state index contributed by atoms with van der Waals surface area (Å²) in [6.07, 6.45) is 4.60. The molecular weight excluding hydrogens is 271 g/mol. The topological polar surface area (TPSA) is 48.1 Å². The van der Waals surface area contributed by atoms with Gasteiger partial charge >= 0.3 is 0 Å². The molecule has 2 N–H and O–H groups in total. The van der Waals surface area contributed by atoms with E-state index in [1.165, 1.54) is 0 Å². The first kappa shape index (κ1) is 17.5. The molecule has 0 radical (unpaired) electrons. The predicted octanol–water partition coefficient (Wildman–Crippen LogP) is 3.19. The van der Waals surface area contributed by atoms with Crippen LogP contribution in [0.15, 0.2) is 12.1 Å². The Hall–Kier alpha value is -0.510. The Morgan fingerprint density at radius 3 is 2.28 bits per heavy atom. The van der Waals surface area contributed by atoms with Crippen LogP contribution in [0.25, 0.3) is 0 Å². The zero-order valence-electron chi connectivity index (χ0n) is 10.9. The molecule has 0 amide bonds. The number of hydrogen-bond donors (Lipinski definition) is 1. The summed E-state index contributed by atoms with van der Waals surface area (Å²) in [7, 11) is 0. The van der Waals surface area contributed by atoms with Crippen LogP contribution >= 0.6 is 24.8 Å². The first-order chi connectivity index (χ1) is 7.65. The largest absolute Gasteiger partial charge is 0.489 e. The third-order valence-corrected chi connectivity index (χ3v) is 3.19. The standard InChI is InChI=1S/C13H20N2O.2ClH/c1-9-3-8-13(10(2)15-9)16-12-6-4-11(14)5-7-12;;/h3,8,11-12H,4-7,14H2,1-2H3;2*1H. The molecule has 2 rings (SSSR count). The van der Waals surface area contributed by atoms with Crippen molar-refractivity contribution in [3.63, 3.8) is 0 Å². The SMILES string of the molecule is Cc1ccc(OC2CCC(N)CC2)c(C)n1.Cl.Cl. The van der Waals surface area contributed by atoms with Crippen molar-refractivity contribution in [3.8, 4) is 5.75 Å². The van der Waals surface area contributed by atoms with E-state index in [1.807, 2.05) is 26.0 Å². The second kappa shape index (κ2) is 7.82. The zero-order valence-corrected chi connectivity index (χ0v) is 12.5. The molecule has 0 saturated heterocycles. The highest BCUT2D eigenvalue weighted by Gasteiger charge is 2.20. The van der Waals surface area contributed by atoms with E-state index in [9.17, 15) is 0 Å². The molecule has 1 fully saturated rings. The summed E-state index contributed by atoms with van der Waals surface area (Å²) in [4.78, 5) is 4.40. The summed E-state index contributed by atoms with van der Waals surface area (Å²) in [5.74, 6) is 0.922. The van der Waals surface area contributed by atoms with Gasteiger partial charge in [0.1, 0.15) is 5.75 Å². The van der Waals surface area contributed by atoms with E-state index in [1.54, 1.807) is 0 Å². The molecule has 0 bridgehead atoms. The molecule has 1 aliphatic carbocycles. The van der Waals surface area contributed by atoms with Crippen molar-refractivity contribution in [3.05, 3.63) is 23.5 Å². The van der Waals surface area contributed by atoms with Crippen molar-refractivity contribution < 1.29 is 4.74 Å². The third kappa shape index (κ3) is 4.63. The van der Waals surface area contributed by atoms with Crippen LogP contribution in [0.4, 0.5) is 0 Å². The average molecular weight is 293 g/mol. The highest BCUT2D eigenvalue weighted by Crippen LogP contribution is 2.24. The molecule has 1 aromatic heterocycles. The second-order valence-corrected chi connectivity index (χ2v) is 4.69. The van der Waals surface area contributed by atoms with Crippen LogP contribution < -0.4 is 10.5 Å². The van der Waals surface area contributed by atoms with Crippen LogP contribution in [0.1, 0.15) is 37.1 Å². The van der Waals surface area contributed by atoms with E-state index >= 15 is 0 Å². The monoisotopic (exact) mass is 292 g/mol. The number of rotatable bonds is 2. The Balaban J connectivity index is 0.00000144. The van der Waals surface area contributed by atoms with Crippen molar-refractivity contribution >= 4 is 24.8 Å². The van der Waals surface area contributed by atoms with Crippen molar-refractivity contribution in [1.82, 2.24) is 4.98 Å². The van der Waals surface area contributed by atoms with E-state index in [2.05, 4.69) is 4.98 Å². The number of halogens is 2. The van der Waals surface area contributed by atoms with E-state index in [0.717, 1.165) is 42.8 Å². The van der Waals surface area contributed by atoms with Crippen LogP contribution in [0.3, 0.4) is 0 Å². The zero-order chi connectivity index (χ0) is 11.5. The normalized spacial score (nSPS) is 22.6. The van der Waals surface area contributed by atoms with Crippen LogP contribution in [0.5, 0.6) is 5.75 Å². The molecule has 0 aromatic carbocycles. The maximum absolute atomic E-state index is 5.97. The summed E-state index contributed by atoms with van der Waals surface area (Å²) in [6.45, 7) is 3.99. The predicted molar refractivity (Wildman–Crippen MR) is 79.1 cm³/mol. The number of aryl methyl sites for hydroxylation is 2. The Bertz CT molecular complexity index is 366. The van der Waals surface area contributed by atoms with Crippen LogP contribution in [-0.4, -0.2) is 17.1 Å². The summed E-state index contributed by atoms with van der Waals surface area (Å²) >= 11 is 0. The minimum atomic E-state index is 0. The van der Waals surface area contributed by atoms with Crippen molar-refractivity contribution in [2.24, 2.45) is 5.73 Å². The fourth-order valence-corrected chi connectivity index (χ4v) is 2.18. The van der Waals surface area contributed by atoms with Gasteiger partial charge < -0.3 is 10.5 Å². The summed E-state index contributed by atoms with van der Waals surface area (Å²) in [5, 5.41) is 0. The van der Waals surface area contributed by atoms with Crippen molar-refractivity contribution in [2.45, 2.75) is 51.7 Å². The minimum Gasteiger partial charge on any atom is -0.489 e. The highest BCUT2D eigenvalue weighted by atomic mass is 35.5. The van der Waals surface area contributed by atoms with Gasteiger partial charge in [-0.05, 0) is 51.7 Å². The maximum atomic E-state index is 5.97. The Kier molecular flexibility index (Phi) is 7.60. The van der Waals surface area contributed by atoms with Gasteiger partial charge in [-0.3, -0.25) is 4.98 Å². The molecule has 0 atom stereocenters. The van der Waals surface area contributed by atoms with Crippen molar-refractivity contribution in [2.75, 3.05) is 0 Å². The van der Waals surface area contributed by atoms with Crippen LogP contribution in [0.2, 0.25) is 0 Å². The van der Waals surface area contributed by atoms with Gasteiger partial charge in [0.25, 0.3) is 0 Å². The summed E-state index contributed by atoms with van der Waals surface area (Å²) < 4.78 is 5.97. The molecule has 104 valence electrons. The Labute approximate surface area is 121 Å². The number of hydrogen-bond acceptors (Lipinski definition) is 3. The fourth-order valence-electron chi connectivity index (χ4n) is 2.18. The van der Waals surface area contributed by atoms with Gasteiger partial charge in [-0.1, -0.05) is 0 Å². The quantitative estimate of drug-likeness (QED) is 0.911. The number of pyridine rings is 1. The molecule has 0 unspecified atom stereocenters. The molecule has 5 heteroatoms. The maximum Gasteiger partial charge on any atom is 0.140 e. The number of nitrogens with two attached hydrogens (primary N) is 1. The van der Waals surface area contributed by atoms with E-state index < -0.39 is 0 Å². The smallest absolute Gasteiger partial charge is 0.140 e. The first-order valence-corrected chi connectivity index (χ1v) is 6.01. The molecule has 1 heterocycles. The number of nitrogens with zero attached hydrogens (tertiary/aromatic N) is 1. The average Bonchev–Trinajstić information content (AvgIpc) is 2.25. The molecule has 1 aromatic rings. The lowest BCUT2D eigenvalue weighted by atomic mass is 9.94. The number of ether oxygens (including phenoxy) is 1.